The van der Waals surface area contributed by atoms with Gasteiger partial charge in [0, 0.05) is 0 Å². The van der Waals surface area contributed by atoms with Gasteiger partial charge in [0.2, 0.25) is 0 Å². The molecule has 90 valence electrons. The Morgan fingerprint density at radius 2 is 1.61 bits per heavy atom. The van der Waals surface area contributed by atoms with Crippen LogP contribution in [-0.2, 0) is 6.54 Å². The Labute approximate surface area is 107 Å². The van der Waals surface area contributed by atoms with Gasteiger partial charge in [-0.05, 0) is 11.1 Å². The van der Waals surface area contributed by atoms with E-state index in [1.807, 2.05) is 29.3 Å². The van der Waals surface area contributed by atoms with Crippen molar-refractivity contribution in [1.29, 1.82) is 0 Å². The lowest BCUT2D eigenvalue weighted by atomic mass is 10.1. The molecule has 2 aromatic rings. The van der Waals surface area contributed by atoms with Crippen LogP contribution in [0.15, 0.2) is 71.0 Å². The third-order valence-electron chi connectivity index (χ3n) is 3.09. The molecule has 3 rings (SSSR count). The topological polar surface area (TPSA) is 28.0 Å². The Bertz CT molecular complexity index is 522. The second kappa shape index (κ2) is 5.00. The van der Waals surface area contributed by atoms with Crippen molar-refractivity contribution >= 4 is 0 Å². The predicted molar refractivity (Wildman–Crippen MR) is 70.9 cm³/mol. The van der Waals surface area contributed by atoms with Gasteiger partial charge in [0.15, 0.2) is 0 Å². The highest BCUT2D eigenvalue weighted by atomic mass is 15.6. The maximum Gasteiger partial charge on any atom is 0.117 e. The standard InChI is InChI=1S/C15H15N3/c1-3-7-13(8-4-1)11-18-12-15(16-17-18)14-9-5-2-6-10-14/h1-10,15H,11-12H2. The van der Waals surface area contributed by atoms with Gasteiger partial charge in [0.05, 0.1) is 13.1 Å². The Balaban J connectivity index is 1.65. The van der Waals surface area contributed by atoms with Crippen LogP contribution in [0, 0.1) is 0 Å². The summed E-state index contributed by atoms with van der Waals surface area (Å²) < 4.78 is 0. The summed E-state index contributed by atoms with van der Waals surface area (Å²) in [6.45, 7) is 1.69. The van der Waals surface area contributed by atoms with Crippen LogP contribution >= 0.6 is 0 Å². The first-order valence-electron chi connectivity index (χ1n) is 6.16. The zero-order chi connectivity index (χ0) is 12.2. The minimum Gasteiger partial charge on any atom is -0.272 e. The largest absolute Gasteiger partial charge is 0.272 e. The van der Waals surface area contributed by atoms with Gasteiger partial charge in [0.1, 0.15) is 6.04 Å². The molecule has 0 bridgehead atoms. The van der Waals surface area contributed by atoms with Crippen molar-refractivity contribution in [2.45, 2.75) is 12.6 Å². The molecule has 0 radical (unpaired) electrons. The molecule has 1 aliphatic heterocycles. The highest BCUT2D eigenvalue weighted by molar-refractivity contribution is 5.20. The zero-order valence-corrected chi connectivity index (χ0v) is 10.1. The monoisotopic (exact) mass is 237 g/mol. The van der Waals surface area contributed by atoms with Crippen LogP contribution in [0.2, 0.25) is 0 Å². The molecule has 0 spiro atoms. The normalized spacial score (nSPS) is 18.2. The third-order valence-corrected chi connectivity index (χ3v) is 3.09. The first-order chi connectivity index (χ1) is 8.92. The average Bonchev–Trinajstić information content (AvgIpc) is 2.89. The van der Waals surface area contributed by atoms with Crippen molar-refractivity contribution in [2.24, 2.45) is 10.3 Å². The Morgan fingerprint density at radius 3 is 2.33 bits per heavy atom. The smallest absolute Gasteiger partial charge is 0.117 e. The SMILES string of the molecule is c1ccc(CN2CC(c3ccccc3)N=N2)cc1. The van der Waals surface area contributed by atoms with Crippen molar-refractivity contribution in [3.8, 4) is 0 Å². The maximum atomic E-state index is 4.33. The number of hydrogen-bond donors (Lipinski definition) is 0. The van der Waals surface area contributed by atoms with Crippen molar-refractivity contribution in [1.82, 2.24) is 5.01 Å². The fourth-order valence-corrected chi connectivity index (χ4v) is 2.15. The molecule has 1 heterocycles. The molecule has 0 amide bonds. The van der Waals surface area contributed by atoms with E-state index < -0.39 is 0 Å². The van der Waals surface area contributed by atoms with Gasteiger partial charge in [-0.2, -0.15) is 5.11 Å². The van der Waals surface area contributed by atoms with Crippen molar-refractivity contribution in [3.05, 3.63) is 71.8 Å². The molecule has 0 aliphatic carbocycles. The molecule has 3 nitrogen and oxygen atoms in total. The summed E-state index contributed by atoms with van der Waals surface area (Å²) in [6, 6.07) is 20.9. The van der Waals surface area contributed by atoms with Gasteiger partial charge in [-0.15, -0.1) is 0 Å². The lowest BCUT2D eigenvalue weighted by molar-refractivity contribution is 0.301. The van der Waals surface area contributed by atoms with E-state index in [1.165, 1.54) is 11.1 Å². The van der Waals surface area contributed by atoms with Gasteiger partial charge in [-0.1, -0.05) is 65.9 Å². The summed E-state index contributed by atoms with van der Waals surface area (Å²) in [5, 5.41) is 10.6. The molecule has 1 atom stereocenters. The van der Waals surface area contributed by atoms with Crippen LogP contribution in [0.4, 0.5) is 0 Å². The highest BCUT2D eigenvalue weighted by Gasteiger charge is 2.20. The van der Waals surface area contributed by atoms with E-state index in [0.29, 0.717) is 0 Å². The molecule has 0 saturated carbocycles. The molecule has 3 heteroatoms. The summed E-state index contributed by atoms with van der Waals surface area (Å²) >= 11 is 0. The molecule has 0 fully saturated rings. The molecule has 1 unspecified atom stereocenters. The fourth-order valence-electron chi connectivity index (χ4n) is 2.15. The van der Waals surface area contributed by atoms with Crippen LogP contribution in [-0.4, -0.2) is 11.6 Å². The first kappa shape index (κ1) is 11.0. The van der Waals surface area contributed by atoms with Gasteiger partial charge in [0.25, 0.3) is 0 Å². The van der Waals surface area contributed by atoms with E-state index >= 15 is 0 Å². The Hall–Kier alpha value is -2.16. The molecule has 0 N–H and O–H groups in total. The maximum absolute atomic E-state index is 4.33. The van der Waals surface area contributed by atoms with Gasteiger partial charge >= 0.3 is 0 Å². The number of nitrogens with zero attached hydrogens (tertiary/aromatic N) is 3. The average molecular weight is 237 g/mol. The molecule has 0 saturated heterocycles. The Morgan fingerprint density at radius 1 is 0.944 bits per heavy atom. The van der Waals surface area contributed by atoms with Gasteiger partial charge in [-0.3, -0.25) is 5.01 Å². The van der Waals surface area contributed by atoms with Crippen LogP contribution in [0.3, 0.4) is 0 Å². The minimum absolute atomic E-state index is 0.176. The van der Waals surface area contributed by atoms with Crippen molar-refractivity contribution < 1.29 is 0 Å². The fraction of sp³-hybridized carbons (Fsp3) is 0.200. The van der Waals surface area contributed by atoms with Crippen molar-refractivity contribution in [3.63, 3.8) is 0 Å². The summed E-state index contributed by atoms with van der Waals surface area (Å²) in [5.41, 5.74) is 2.50. The van der Waals surface area contributed by atoms with Gasteiger partial charge in [-0.25, -0.2) is 0 Å². The van der Waals surface area contributed by atoms with Crippen LogP contribution in [0.25, 0.3) is 0 Å². The minimum atomic E-state index is 0.176. The summed E-state index contributed by atoms with van der Waals surface area (Å²) in [5.74, 6) is 0. The Kier molecular flexibility index (Phi) is 3.05. The molecular weight excluding hydrogens is 222 g/mol. The molecular formula is C15H15N3. The first-order valence-corrected chi connectivity index (χ1v) is 6.16. The van der Waals surface area contributed by atoms with E-state index in [1.54, 1.807) is 0 Å². The molecule has 18 heavy (non-hydrogen) atoms. The molecule has 1 aliphatic rings. The summed E-state index contributed by atoms with van der Waals surface area (Å²) in [4.78, 5) is 0. The lowest BCUT2D eigenvalue weighted by Crippen LogP contribution is -2.16. The third kappa shape index (κ3) is 2.40. The van der Waals surface area contributed by atoms with E-state index in [4.69, 9.17) is 0 Å². The van der Waals surface area contributed by atoms with Crippen LogP contribution in [0.1, 0.15) is 17.2 Å². The molecule has 2 aromatic carbocycles. The number of rotatable bonds is 3. The molecule has 0 aromatic heterocycles. The van der Waals surface area contributed by atoms with Gasteiger partial charge < -0.3 is 0 Å². The van der Waals surface area contributed by atoms with Crippen LogP contribution < -0.4 is 0 Å². The quantitative estimate of drug-likeness (QED) is 0.801. The second-order valence-electron chi connectivity index (χ2n) is 4.46. The predicted octanol–water partition coefficient (Wildman–Crippen LogP) is 3.61. The van der Waals surface area contributed by atoms with E-state index in [-0.39, 0.29) is 6.04 Å². The van der Waals surface area contributed by atoms with E-state index in [9.17, 15) is 0 Å². The zero-order valence-electron chi connectivity index (χ0n) is 10.1. The number of benzene rings is 2. The summed E-state index contributed by atoms with van der Waals surface area (Å²) in [6.07, 6.45) is 0. The van der Waals surface area contributed by atoms with E-state index in [2.05, 4.69) is 46.7 Å². The highest BCUT2D eigenvalue weighted by Crippen LogP contribution is 2.25. The summed E-state index contributed by atoms with van der Waals surface area (Å²) in [7, 11) is 0. The van der Waals surface area contributed by atoms with E-state index in [0.717, 1.165) is 13.1 Å². The number of hydrogen-bond acceptors (Lipinski definition) is 3. The second-order valence-corrected chi connectivity index (χ2v) is 4.46. The van der Waals surface area contributed by atoms with Crippen LogP contribution in [0.5, 0.6) is 0 Å². The van der Waals surface area contributed by atoms with Crippen molar-refractivity contribution in [2.75, 3.05) is 6.54 Å². The lowest BCUT2D eigenvalue weighted by Gasteiger charge is -2.13.